The van der Waals surface area contributed by atoms with Gasteiger partial charge in [0.15, 0.2) is 0 Å². The van der Waals surface area contributed by atoms with E-state index in [1.54, 1.807) is 6.92 Å². The van der Waals surface area contributed by atoms with Crippen molar-refractivity contribution in [3.8, 4) is 0 Å². The normalized spacial score (nSPS) is 22.5. The van der Waals surface area contributed by atoms with E-state index >= 15 is 0 Å². The summed E-state index contributed by atoms with van der Waals surface area (Å²) >= 11 is 0. The number of esters is 1. The maximum absolute atomic E-state index is 12.3. The molecule has 0 saturated heterocycles. The maximum Gasteiger partial charge on any atom is 0.318 e. The molecule has 0 aliphatic heterocycles. The van der Waals surface area contributed by atoms with E-state index in [1.807, 2.05) is 54.6 Å². The molecule has 0 aromatic heterocycles. The number of benzene rings is 2. The van der Waals surface area contributed by atoms with Gasteiger partial charge < -0.3 is 9.84 Å². The van der Waals surface area contributed by atoms with Crippen molar-refractivity contribution >= 4 is 11.9 Å². The molecule has 0 radical (unpaired) electrons. The van der Waals surface area contributed by atoms with Crippen molar-refractivity contribution in [1.29, 1.82) is 0 Å². The van der Waals surface area contributed by atoms with Gasteiger partial charge in [-0.2, -0.15) is 0 Å². The van der Waals surface area contributed by atoms with Crippen molar-refractivity contribution in [3.63, 3.8) is 0 Å². The maximum atomic E-state index is 12.3. The first-order chi connectivity index (χ1) is 11.6. The molecule has 4 heteroatoms. The third-order valence-corrected chi connectivity index (χ3v) is 4.81. The van der Waals surface area contributed by atoms with Crippen LogP contribution in [-0.4, -0.2) is 23.7 Å². The Morgan fingerprint density at radius 3 is 2.46 bits per heavy atom. The molecular weight excluding hydrogens is 304 g/mol. The van der Waals surface area contributed by atoms with E-state index in [4.69, 9.17) is 4.74 Å². The molecule has 1 unspecified atom stereocenters. The highest BCUT2D eigenvalue weighted by atomic mass is 16.5. The van der Waals surface area contributed by atoms with Crippen LogP contribution in [0.4, 0.5) is 0 Å². The van der Waals surface area contributed by atoms with Crippen LogP contribution in [0.2, 0.25) is 0 Å². The van der Waals surface area contributed by atoms with Crippen molar-refractivity contribution in [2.75, 3.05) is 6.61 Å². The van der Waals surface area contributed by atoms with Crippen LogP contribution >= 0.6 is 0 Å². The molecule has 1 N–H and O–H groups in total. The SMILES string of the molecule is CCOC(=O)[C@@H]1CCC(C(=O)O)(c2ccccc2)c2ccccc21. The van der Waals surface area contributed by atoms with E-state index in [0.29, 0.717) is 25.0 Å². The average molecular weight is 324 g/mol. The fourth-order valence-corrected chi connectivity index (χ4v) is 3.70. The van der Waals surface area contributed by atoms with Gasteiger partial charge in [0.1, 0.15) is 5.41 Å². The Labute approximate surface area is 141 Å². The molecule has 0 amide bonds. The minimum absolute atomic E-state index is 0.281. The predicted octanol–water partition coefficient (Wildman–Crippen LogP) is 3.50. The van der Waals surface area contributed by atoms with Gasteiger partial charge in [0.05, 0.1) is 12.5 Å². The number of carboxylic acid groups (broad SMARTS) is 1. The lowest BCUT2D eigenvalue weighted by Gasteiger charge is -2.38. The lowest BCUT2D eigenvalue weighted by molar-refractivity contribution is -0.148. The second kappa shape index (κ2) is 6.48. The summed E-state index contributed by atoms with van der Waals surface area (Å²) in [6.07, 6.45) is 0.823. The monoisotopic (exact) mass is 324 g/mol. The van der Waals surface area contributed by atoms with Crippen LogP contribution in [0.5, 0.6) is 0 Å². The quantitative estimate of drug-likeness (QED) is 0.874. The van der Waals surface area contributed by atoms with E-state index < -0.39 is 17.3 Å². The summed E-state index contributed by atoms with van der Waals surface area (Å²) in [5.41, 5.74) is 1.06. The zero-order chi connectivity index (χ0) is 17.2. The van der Waals surface area contributed by atoms with Gasteiger partial charge in [-0.1, -0.05) is 54.6 Å². The Bertz CT molecular complexity index is 753. The van der Waals surface area contributed by atoms with Gasteiger partial charge in [0.2, 0.25) is 0 Å². The molecule has 2 atom stereocenters. The number of hydrogen-bond donors (Lipinski definition) is 1. The molecule has 124 valence electrons. The highest BCUT2D eigenvalue weighted by Gasteiger charge is 2.48. The van der Waals surface area contributed by atoms with Gasteiger partial charge in [-0.05, 0) is 36.5 Å². The highest BCUT2D eigenvalue weighted by Crippen LogP contribution is 2.47. The molecule has 2 aromatic rings. The summed E-state index contributed by atoms with van der Waals surface area (Å²) in [7, 11) is 0. The van der Waals surface area contributed by atoms with Crippen LogP contribution in [0.25, 0.3) is 0 Å². The number of ether oxygens (including phenoxy) is 1. The number of rotatable bonds is 4. The predicted molar refractivity (Wildman–Crippen MR) is 89.9 cm³/mol. The number of aliphatic carboxylic acids is 1. The first kappa shape index (κ1) is 16.2. The molecule has 2 aromatic carbocycles. The van der Waals surface area contributed by atoms with Gasteiger partial charge in [-0.15, -0.1) is 0 Å². The third-order valence-electron chi connectivity index (χ3n) is 4.81. The van der Waals surface area contributed by atoms with Crippen molar-refractivity contribution in [3.05, 3.63) is 71.3 Å². The van der Waals surface area contributed by atoms with E-state index in [9.17, 15) is 14.7 Å². The Morgan fingerprint density at radius 2 is 1.79 bits per heavy atom. The number of carbonyl (C=O) groups excluding carboxylic acids is 1. The first-order valence-corrected chi connectivity index (χ1v) is 8.16. The summed E-state index contributed by atoms with van der Waals surface area (Å²) in [5.74, 6) is -1.57. The molecule has 0 fully saturated rings. The third kappa shape index (κ3) is 2.48. The van der Waals surface area contributed by atoms with Crippen molar-refractivity contribution in [2.45, 2.75) is 31.1 Å². The average Bonchev–Trinajstić information content (AvgIpc) is 2.61. The molecule has 0 bridgehead atoms. The van der Waals surface area contributed by atoms with Crippen LogP contribution < -0.4 is 0 Å². The summed E-state index contributed by atoms with van der Waals surface area (Å²) in [4.78, 5) is 24.6. The number of hydrogen-bond acceptors (Lipinski definition) is 3. The standard InChI is InChI=1S/C20H20O4/c1-2-24-18(21)16-12-13-20(19(22)23,14-8-4-3-5-9-14)17-11-7-6-10-15(16)17/h3-11,16H,2,12-13H2,1H3,(H,22,23)/t16-,20?/m1/s1. The number of carbonyl (C=O) groups is 2. The van der Waals surface area contributed by atoms with Gasteiger partial charge >= 0.3 is 11.9 Å². The fraction of sp³-hybridized carbons (Fsp3) is 0.300. The molecule has 0 spiro atoms. The lowest BCUT2D eigenvalue weighted by atomic mass is 9.63. The van der Waals surface area contributed by atoms with E-state index in [-0.39, 0.29) is 5.97 Å². The minimum atomic E-state index is -1.12. The second-order valence-electron chi connectivity index (χ2n) is 6.01. The summed E-state index contributed by atoms with van der Waals surface area (Å²) < 4.78 is 5.19. The molecule has 0 saturated carbocycles. The minimum Gasteiger partial charge on any atom is -0.480 e. The highest BCUT2D eigenvalue weighted by molar-refractivity contribution is 5.89. The Kier molecular flexibility index (Phi) is 4.38. The zero-order valence-corrected chi connectivity index (χ0v) is 13.6. The van der Waals surface area contributed by atoms with Gasteiger partial charge in [0.25, 0.3) is 0 Å². The lowest BCUT2D eigenvalue weighted by Crippen LogP contribution is -2.42. The molecule has 24 heavy (non-hydrogen) atoms. The topological polar surface area (TPSA) is 63.6 Å². The summed E-state index contributed by atoms with van der Waals surface area (Å²) in [6.45, 7) is 2.10. The number of fused-ring (bicyclic) bond motifs is 1. The molecule has 1 aliphatic rings. The molecule has 0 heterocycles. The smallest absolute Gasteiger partial charge is 0.318 e. The first-order valence-electron chi connectivity index (χ1n) is 8.16. The molecule has 4 nitrogen and oxygen atoms in total. The Morgan fingerprint density at radius 1 is 1.12 bits per heavy atom. The Balaban J connectivity index is 2.18. The fourth-order valence-electron chi connectivity index (χ4n) is 3.70. The molecular formula is C20H20O4. The Hall–Kier alpha value is -2.62. The van der Waals surface area contributed by atoms with Crippen LogP contribution in [-0.2, 0) is 19.7 Å². The number of carboxylic acids is 1. The van der Waals surface area contributed by atoms with Gasteiger partial charge in [0, 0.05) is 0 Å². The zero-order valence-electron chi connectivity index (χ0n) is 13.6. The molecule has 1 aliphatic carbocycles. The van der Waals surface area contributed by atoms with Crippen molar-refractivity contribution < 1.29 is 19.4 Å². The second-order valence-corrected chi connectivity index (χ2v) is 6.01. The van der Waals surface area contributed by atoms with Crippen LogP contribution in [0.3, 0.4) is 0 Å². The summed E-state index contributed by atoms with van der Waals surface area (Å²) in [6, 6.07) is 16.6. The van der Waals surface area contributed by atoms with Crippen LogP contribution in [0.15, 0.2) is 54.6 Å². The van der Waals surface area contributed by atoms with Gasteiger partial charge in [-0.25, -0.2) is 0 Å². The largest absolute Gasteiger partial charge is 0.480 e. The van der Waals surface area contributed by atoms with E-state index in [2.05, 4.69) is 0 Å². The van der Waals surface area contributed by atoms with E-state index in [1.165, 1.54) is 0 Å². The van der Waals surface area contributed by atoms with Gasteiger partial charge in [-0.3, -0.25) is 9.59 Å². The summed E-state index contributed by atoms with van der Waals surface area (Å²) in [5, 5.41) is 10.1. The van der Waals surface area contributed by atoms with Crippen LogP contribution in [0.1, 0.15) is 42.4 Å². The van der Waals surface area contributed by atoms with Crippen molar-refractivity contribution in [1.82, 2.24) is 0 Å². The van der Waals surface area contributed by atoms with Crippen LogP contribution in [0, 0.1) is 0 Å². The van der Waals surface area contributed by atoms with E-state index in [0.717, 1.165) is 11.1 Å². The van der Waals surface area contributed by atoms with Crippen molar-refractivity contribution in [2.24, 2.45) is 0 Å². The molecule has 3 rings (SSSR count).